The van der Waals surface area contributed by atoms with Crippen molar-refractivity contribution in [3.05, 3.63) is 252 Å². The van der Waals surface area contributed by atoms with Crippen LogP contribution in [-0.2, 0) is 81.5 Å². The van der Waals surface area contributed by atoms with Crippen molar-refractivity contribution in [1.29, 1.82) is 0 Å². The number of methoxy groups -OCH3 is 1. The Kier molecular flexibility index (Phi) is 25.3. The fourth-order valence-corrected chi connectivity index (χ4v) is 8.09. The maximum absolute atomic E-state index is 13.6. The van der Waals surface area contributed by atoms with Crippen LogP contribution >= 0.6 is 0 Å². The normalized spacial score (nSPS) is 11.7. The van der Waals surface area contributed by atoms with Gasteiger partial charge in [-0.1, -0.05) is 166 Å². The first-order valence-electron chi connectivity index (χ1n) is 26.9. The van der Waals surface area contributed by atoms with E-state index in [4.69, 9.17) is 42.6 Å². The van der Waals surface area contributed by atoms with Gasteiger partial charge in [-0.15, -0.1) is 0 Å². The molecule has 0 aliphatic heterocycles. The van der Waals surface area contributed by atoms with Gasteiger partial charge in [-0.3, -0.25) is 9.59 Å². The molecule has 0 radical (unpaired) electrons. The van der Waals surface area contributed by atoms with Gasteiger partial charge in [0.25, 0.3) is 11.6 Å². The van der Waals surface area contributed by atoms with Crippen LogP contribution in [-0.4, -0.2) is 88.2 Å². The lowest BCUT2D eigenvalue weighted by Crippen LogP contribution is -2.43. The number of benzene rings is 6. The minimum absolute atomic E-state index is 0.0136. The fraction of sp³-hybridized carbons (Fsp3) is 0.232. The molecule has 85 heavy (non-hydrogen) atoms. The summed E-state index contributed by atoms with van der Waals surface area (Å²) in [5.74, 6) is -5.71. The van der Waals surface area contributed by atoms with E-state index in [0.29, 0.717) is 50.5 Å². The van der Waals surface area contributed by atoms with Gasteiger partial charge in [0.15, 0.2) is 0 Å². The average Bonchev–Trinajstić information content (AvgIpc) is 3.71. The number of ether oxygens (including phenoxy) is 9. The molecule has 0 saturated carbocycles. The summed E-state index contributed by atoms with van der Waals surface area (Å²) in [6, 6.07) is 46.2. The Balaban J connectivity index is 0.000000235. The predicted octanol–water partition coefficient (Wildman–Crippen LogP) is 11.9. The minimum atomic E-state index is -1.85. The van der Waals surface area contributed by atoms with E-state index in [1.165, 1.54) is 21.0 Å². The van der Waals surface area contributed by atoms with E-state index >= 15 is 0 Å². The third-order valence-electron chi connectivity index (χ3n) is 12.4. The molecule has 0 amide bonds. The van der Waals surface area contributed by atoms with Crippen molar-refractivity contribution in [2.75, 3.05) is 46.8 Å². The van der Waals surface area contributed by atoms with Crippen LogP contribution in [0.2, 0.25) is 0 Å². The lowest BCUT2D eigenvalue weighted by Gasteiger charge is -2.33. The Labute approximate surface area is 495 Å². The van der Waals surface area contributed by atoms with E-state index in [9.17, 15) is 33.6 Å². The van der Waals surface area contributed by atoms with Crippen molar-refractivity contribution in [2.24, 2.45) is 0 Å². The van der Waals surface area contributed by atoms with E-state index < -0.39 is 47.2 Å². The molecule has 16 heteroatoms. The van der Waals surface area contributed by atoms with Gasteiger partial charge >= 0.3 is 29.8 Å². The molecular formula is C69H70O16. The van der Waals surface area contributed by atoms with Crippen LogP contribution in [0.4, 0.5) is 0 Å². The Morgan fingerprint density at radius 2 is 0.671 bits per heavy atom. The maximum Gasteiger partial charge on any atom is 0.338 e. The highest BCUT2D eigenvalue weighted by Crippen LogP contribution is 2.38. The number of hydrogen-bond acceptors (Lipinski definition) is 16. The number of fused-ring (bicyclic) bond motifs is 3. The zero-order valence-electron chi connectivity index (χ0n) is 48.7. The predicted molar refractivity (Wildman–Crippen MR) is 320 cm³/mol. The SMILES string of the molecule is C=C(C)C(=O)OCCOC(OC)(C(=O)c1ccccc1)c1ccccc1.C=C(C)C(=O)OCCOC(OCCOC(=O)C(=C)C)(C(=O)c1ccccc1)c1ccccc1.C=C(C)C(=O)Oc1ccc2c(c1)CCc1cc(OC(=O)C(=C)C)ccc1-2. The van der Waals surface area contributed by atoms with Gasteiger partial charge in [0.05, 0.1) is 19.8 Å². The molecule has 1 atom stereocenters. The first-order valence-corrected chi connectivity index (χ1v) is 26.9. The van der Waals surface area contributed by atoms with Crippen molar-refractivity contribution in [3.8, 4) is 22.6 Å². The smallest absolute Gasteiger partial charge is 0.338 e. The average molecular weight is 1160 g/mol. The highest BCUT2D eigenvalue weighted by molar-refractivity contribution is 6.03. The Hall–Kier alpha value is -9.45. The highest BCUT2D eigenvalue weighted by atomic mass is 16.7. The van der Waals surface area contributed by atoms with Crippen LogP contribution in [0.25, 0.3) is 11.1 Å². The lowest BCUT2D eigenvalue weighted by molar-refractivity contribution is -0.219. The molecule has 0 N–H and O–H groups in total. The van der Waals surface area contributed by atoms with Gasteiger partial charge in [-0.25, -0.2) is 24.0 Å². The second-order valence-corrected chi connectivity index (χ2v) is 19.3. The Bertz CT molecular complexity index is 3270. The largest absolute Gasteiger partial charge is 0.460 e. The maximum atomic E-state index is 13.6. The lowest BCUT2D eigenvalue weighted by atomic mass is 9.85. The van der Waals surface area contributed by atoms with Crippen LogP contribution < -0.4 is 9.47 Å². The van der Waals surface area contributed by atoms with Crippen LogP contribution in [0.1, 0.15) is 77.6 Å². The van der Waals surface area contributed by atoms with Crippen molar-refractivity contribution in [1.82, 2.24) is 0 Å². The molecule has 1 unspecified atom stereocenters. The Morgan fingerprint density at radius 3 is 0.988 bits per heavy atom. The third-order valence-corrected chi connectivity index (χ3v) is 12.4. The third kappa shape index (κ3) is 18.8. The molecule has 442 valence electrons. The van der Waals surface area contributed by atoms with Crippen LogP contribution in [0.5, 0.6) is 11.5 Å². The molecule has 0 saturated heterocycles. The molecule has 16 nitrogen and oxygen atoms in total. The van der Waals surface area contributed by atoms with Crippen LogP contribution in [0.3, 0.4) is 0 Å². The van der Waals surface area contributed by atoms with Gasteiger partial charge in [0.2, 0.25) is 11.6 Å². The molecule has 0 spiro atoms. The number of carbonyl (C=O) groups is 7. The number of rotatable bonds is 26. The zero-order valence-corrected chi connectivity index (χ0v) is 48.7. The number of Topliss-reactive ketones (excluding diaryl/α,β-unsaturated/α-hetero) is 2. The van der Waals surface area contributed by atoms with Crippen molar-refractivity contribution >= 4 is 41.4 Å². The molecule has 1 aliphatic carbocycles. The molecular weight excluding hydrogens is 1080 g/mol. The fourth-order valence-electron chi connectivity index (χ4n) is 8.09. The topological polar surface area (TPSA) is 203 Å². The summed E-state index contributed by atoms with van der Waals surface area (Å²) < 4.78 is 49.2. The van der Waals surface area contributed by atoms with Gasteiger partial charge in [0, 0.05) is 57.2 Å². The van der Waals surface area contributed by atoms with Gasteiger partial charge < -0.3 is 42.6 Å². The Morgan fingerprint density at radius 1 is 0.376 bits per heavy atom. The second-order valence-electron chi connectivity index (χ2n) is 19.3. The summed E-state index contributed by atoms with van der Waals surface area (Å²) in [4.78, 5) is 85.0. The first kappa shape index (κ1) is 66.4. The molecule has 6 aromatic rings. The van der Waals surface area contributed by atoms with E-state index in [-0.39, 0.29) is 56.6 Å². The first-order chi connectivity index (χ1) is 40.6. The van der Waals surface area contributed by atoms with Gasteiger partial charge in [-0.05, 0) is 94.0 Å². The summed E-state index contributed by atoms with van der Waals surface area (Å²) in [6.07, 6.45) is 1.64. The van der Waals surface area contributed by atoms with E-state index in [1.54, 1.807) is 142 Å². The zero-order chi connectivity index (χ0) is 62.1. The number of ketones is 2. The molecule has 0 bridgehead atoms. The van der Waals surface area contributed by atoms with E-state index in [1.807, 2.05) is 36.4 Å². The molecule has 6 aromatic carbocycles. The van der Waals surface area contributed by atoms with Crippen LogP contribution in [0, 0.1) is 0 Å². The van der Waals surface area contributed by atoms with E-state index in [2.05, 4.69) is 32.9 Å². The number of esters is 5. The molecule has 7 rings (SSSR count). The van der Waals surface area contributed by atoms with Crippen molar-refractivity contribution in [2.45, 2.75) is 59.0 Å². The van der Waals surface area contributed by atoms with E-state index in [0.717, 1.165) is 35.1 Å². The summed E-state index contributed by atoms with van der Waals surface area (Å²) in [6.45, 7) is 25.1. The standard InChI is InChI=1S/C26H28O7.C22H20O4.C21H22O5/c1-19(2)24(28)30-15-17-32-26(22-13-9-6-10-14-22,23(27)21-11-7-5-8-12-21)33-18-16-31-25(29)20(3)4;1-13(2)21(23)25-17-7-9-19-15(11-17)5-6-16-12-18(8-10-20(16)19)26-22(24)14(3)4;1-16(2)20(23)25-14-15-26-21(24-3,18-12-8-5-9-13-18)19(22)17-10-6-4-7-11-17/h5-14H,1,3,15-18H2,2,4H3;7-12H,1,3,5-6H2,2,4H3;4-13H,1,14-15H2,2-3H3. The quantitative estimate of drug-likeness (QED) is 0.00942. The van der Waals surface area contributed by atoms with Gasteiger partial charge in [-0.2, -0.15) is 0 Å². The summed E-state index contributed by atoms with van der Waals surface area (Å²) >= 11 is 0. The summed E-state index contributed by atoms with van der Waals surface area (Å²) in [5, 5.41) is 0. The van der Waals surface area contributed by atoms with Crippen molar-refractivity contribution in [3.63, 3.8) is 0 Å². The number of hydrogen-bond donors (Lipinski definition) is 0. The van der Waals surface area contributed by atoms with Crippen molar-refractivity contribution < 1.29 is 76.2 Å². The number of carbonyl (C=O) groups excluding carboxylic acids is 7. The van der Waals surface area contributed by atoms with Gasteiger partial charge in [0.1, 0.15) is 31.3 Å². The second kappa shape index (κ2) is 32.4. The molecule has 0 fully saturated rings. The number of aryl methyl sites for hydroxylation is 2. The molecule has 1 aliphatic rings. The van der Waals surface area contributed by atoms with Crippen LogP contribution in [0.15, 0.2) is 218 Å². The monoisotopic (exact) mass is 1150 g/mol. The minimum Gasteiger partial charge on any atom is -0.460 e. The molecule has 0 aromatic heterocycles. The highest BCUT2D eigenvalue weighted by Gasteiger charge is 2.44. The summed E-state index contributed by atoms with van der Waals surface area (Å²) in [5.41, 5.74) is 7.78. The summed E-state index contributed by atoms with van der Waals surface area (Å²) in [7, 11) is 1.41. The molecule has 0 heterocycles.